The highest BCUT2D eigenvalue weighted by molar-refractivity contribution is 7.09. The standard InChI is InChI=1S/C16H19N3S/c1-10-11(2)19(8-14-9-20-12(3)18-14)16-5-4-13(7-17)6-15(10)16/h4-6,9H,7-8,17H2,1-3H3. The Balaban J connectivity index is 2.12. The summed E-state index contributed by atoms with van der Waals surface area (Å²) in [6.45, 7) is 7.83. The number of aryl methyl sites for hydroxylation is 2. The van der Waals surface area contributed by atoms with Crippen LogP contribution in [0.15, 0.2) is 23.6 Å². The molecule has 0 bridgehead atoms. The van der Waals surface area contributed by atoms with E-state index in [1.54, 1.807) is 11.3 Å². The van der Waals surface area contributed by atoms with Crippen molar-refractivity contribution < 1.29 is 0 Å². The maximum Gasteiger partial charge on any atom is 0.0898 e. The maximum absolute atomic E-state index is 5.75. The second kappa shape index (κ2) is 5.04. The molecular weight excluding hydrogens is 266 g/mol. The fraction of sp³-hybridized carbons (Fsp3) is 0.312. The number of rotatable bonds is 3. The molecule has 3 aromatic rings. The first kappa shape index (κ1) is 13.3. The number of aromatic nitrogens is 2. The van der Waals surface area contributed by atoms with Gasteiger partial charge < -0.3 is 10.3 Å². The van der Waals surface area contributed by atoms with Crippen LogP contribution in [0.25, 0.3) is 10.9 Å². The molecule has 2 aromatic heterocycles. The van der Waals surface area contributed by atoms with Crippen LogP contribution in [0.2, 0.25) is 0 Å². The van der Waals surface area contributed by atoms with Crippen LogP contribution in [0, 0.1) is 20.8 Å². The molecule has 0 fully saturated rings. The predicted octanol–water partition coefficient (Wildman–Crippen LogP) is 3.53. The molecule has 2 N–H and O–H groups in total. The molecule has 0 radical (unpaired) electrons. The molecule has 3 rings (SSSR count). The Morgan fingerprint density at radius 1 is 1.25 bits per heavy atom. The van der Waals surface area contributed by atoms with Crippen molar-refractivity contribution in [1.29, 1.82) is 0 Å². The summed E-state index contributed by atoms with van der Waals surface area (Å²) in [5, 5.41) is 4.57. The van der Waals surface area contributed by atoms with Crippen molar-refractivity contribution in [3.05, 3.63) is 51.1 Å². The third kappa shape index (κ3) is 2.15. The maximum atomic E-state index is 5.75. The normalized spacial score (nSPS) is 11.4. The van der Waals surface area contributed by atoms with Gasteiger partial charge in [0.2, 0.25) is 0 Å². The Morgan fingerprint density at radius 3 is 2.70 bits per heavy atom. The average Bonchev–Trinajstić information content (AvgIpc) is 2.96. The summed E-state index contributed by atoms with van der Waals surface area (Å²) in [6, 6.07) is 6.50. The zero-order chi connectivity index (χ0) is 14.3. The summed E-state index contributed by atoms with van der Waals surface area (Å²) in [7, 11) is 0. The van der Waals surface area contributed by atoms with Crippen LogP contribution >= 0.6 is 11.3 Å². The summed E-state index contributed by atoms with van der Waals surface area (Å²) in [6.07, 6.45) is 0. The Kier molecular flexibility index (Phi) is 3.36. The van der Waals surface area contributed by atoms with Gasteiger partial charge in [0.1, 0.15) is 0 Å². The van der Waals surface area contributed by atoms with Gasteiger partial charge in [-0.3, -0.25) is 0 Å². The lowest BCUT2D eigenvalue weighted by molar-refractivity contribution is 0.780. The van der Waals surface area contributed by atoms with Gasteiger partial charge in [0.25, 0.3) is 0 Å². The molecule has 20 heavy (non-hydrogen) atoms. The molecule has 104 valence electrons. The first-order valence-electron chi connectivity index (χ1n) is 6.79. The van der Waals surface area contributed by atoms with Crippen molar-refractivity contribution in [1.82, 2.24) is 9.55 Å². The van der Waals surface area contributed by atoms with Crippen LogP contribution in [0.4, 0.5) is 0 Å². The lowest BCUT2D eigenvalue weighted by Gasteiger charge is -2.06. The largest absolute Gasteiger partial charge is 0.339 e. The summed E-state index contributed by atoms with van der Waals surface area (Å²) < 4.78 is 2.35. The van der Waals surface area contributed by atoms with Gasteiger partial charge in [0, 0.05) is 28.5 Å². The predicted molar refractivity (Wildman–Crippen MR) is 85.3 cm³/mol. The van der Waals surface area contributed by atoms with Crippen LogP contribution in [-0.2, 0) is 13.1 Å². The first-order chi connectivity index (χ1) is 9.60. The lowest BCUT2D eigenvalue weighted by Crippen LogP contribution is -2.02. The quantitative estimate of drug-likeness (QED) is 0.800. The van der Waals surface area contributed by atoms with Crippen LogP contribution in [0.1, 0.15) is 27.5 Å². The molecule has 0 aliphatic rings. The number of fused-ring (bicyclic) bond motifs is 1. The van der Waals surface area contributed by atoms with E-state index < -0.39 is 0 Å². The first-order valence-corrected chi connectivity index (χ1v) is 7.67. The molecule has 0 saturated heterocycles. The van der Waals surface area contributed by atoms with Crippen molar-refractivity contribution in [3.63, 3.8) is 0 Å². The molecule has 0 unspecified atom stereocenters. The fourth-order valence-electron chi connectivity index (χ4n) is 2.67. The van der Waals surface area contributed by atoms with Gasteiger partial charge in [0.15, 0.2) is 0 Å². The van der Waals surface area contributed by atoms with Crippen molar-refractivity contribution >= 4 is 22.2 Å². The Morgan fingerprint density at radius 2 is 2.05 bits per heavy atom. The molecule has 0 aliphatic carbocycles. The van der Waals surface area contributed by atoms with E-state index in [-0.39, 0.29) is 0 Å². The molecular formula is C16H19N3S. The second-order valence-electron chi connectivity index (χ2n) is 5.21. The number of thiazole rings is 1. The van der Waals surface area contributed by atoms with Gasteiger partial charge in [-0.1, -0.05) is 6.07 Å². The van der Waals surface area contributed by atoms with Crippen LogP contribution in [0.5, 0.6) is 0 Å². The molecule has 2 heterocycles. The van der Waals surface area contributed by atoms with E-state index in [4.69, 9.17) is 5.73 Å². The minimum absolute atomic E-state index is 0.588. The van der Waals surface area contributed by atoms with Crippen molar-refractivity contribution in [2.24, 2.45) is 5.73 Å². The average molecular weight is 285 g/mol. The lowest BCUT2D eigenvalue weighted by atomic mass is 10.1. The van der Waals surface area contributed by atoms with Gasteiger partial charge >= 0.3 is 0 Å². The zero-order valence-electron chi connectivity index (χ0n) is 12.1. The van der Waals surface area contributed by atoms with E-state index in [2.05, 4.69) is 47.0 Å². The second-order valence-corrected chi connectivity index (χ2v) is 6.27. The Hall–Kier alpha value is -1.65. The van der Waals surface area contributed by atoms with Gasteiger partial charge in [-0.2, -0.15) is 0 Å². The van der Waals surface area contributed by atoms with E-state index in [9.17, 15) is 0 Å². The van der Waals surface area contributed by atoms with Crippen molar-refractivity contribution in [2.75, 3.05) is 0 Å². The monoisotopic (exact) mass is 285 g/mol. The molecule has 0 amide bonds. The minimum Gasteiger partial charge on any atom is -0.339 e. The molecule has 0 aliphatic heterocycles. The van der Waals surface area contributed by atoms with Gasteiger partial charge in [-0.05, 0) is 44.0 Å². The zero-order valence-corrected chi connectivity index (χ0v) is 12.9. The molecule has 0 atom stereocenters. The van der Waals surface area contributed by atoms with E-state index in [0.717, 1.165) is 17.2 Å². The summed E-state index contributed by atoms with van der Waals surface area (Å²) in [4.78, 5) is 4.57. The van der Waals surface area contributed by atoms with Crippen molar-refractivity contribution in [2.45, 2.75) is 33.9 Å². The van der Waals surface area contributed by atoms with Gasteiger partial charge in [0.05, 0.1) is 17.2 Å². The number of nitrogens with two attached hydrogens (primary N) is 1. The Bertz CT molecular complexity index is 767. The number of hydrogen-bond donors (Lipinski definition) is 1. The SMILES string of the molecule is Cc1nc(Cn2c(C)c(C)c3cc(CN)ccc32)cs1. The summed E-state index contributed by atoms with van der Waals surface area (Å²) >= 11 is 1.71. The van der Waals surface area contributed by atoms with Gasteiger partial charge in [-0.15, -0.1) is 11.3 Å². The van der Waals surface area contributed by atoms with Crippen LogP contribution in [-0.4, -0.2) is 9.55 Å². The third-order valence-corrected chi connectivity index (χ3v) is 4.75. The summed E-state index contributed by atoms with van der Waals surface area (Å²) in [5.74, 6) is 0. The van der Waals surface area contributed by atoms with E-state index >= 15 is 0 Å². The third-order valence-electron chi connectivity index (χ3n) is 3.93. The van der Waals surface area contributed by atoms with Gasteiger partial charge in [-0.25, -0.2) is 4.98 Å². The molecule has 1 aromatic carbocycles. The van der Waals surface area contributed by atoms with E-state index in [1.807, 2.05) is 6.92 Å². The van der Waals surface area contributed by atoms with E-state index in [0.29, 0.717) is 6.54 Å². The van der Waals surface area contributed by atoms with Crippen LogP contribution in [0.3, 0.4) is 0 Å². The van der Waals surface area contributed by atoms with E-state index in [1.165, 1.54) is 27.7 Å². The fourth-order valence-corrected chi connectivity index (χ4v) is 3.27. The summed E-state index contributed by atoms with van der Waals surface area (Å²) in [5.41, 5.74) is 12.0. The number of benzene rings is 1. The highest BCUT2D eigenvalue weighted by Crippen LogP contribution is 2.27. The highest BCUT2D eigenvalue weighted by Gasteiger charge is 2.12. The molecule has 4 heteroatoms. The topological polar surface area (TPSA) is 43.8 Å². The van der Waals surface area contributed by atoms with Crippen LogP contribution < -0.4 is 5.73 Å². The smallest absolute Gasteiger partial charge is 0.0898 e. The molecule has 0 spiro atoms. The number of hydrogen-bond acceptors (Lipinski definition) is 3. The number of nitrogens with zero attached hydrogens (tertiary/aromatic N) is 2. The highest BCUT2D eigenvalue weighted by atomic mass is 32.1. The molecule has 0 saturated carbocycles. The minimum atomic E-state index is 0.588. The Labute approximate surface area is 123 Å². The molecule has 3 nitrogen and oxygen atoms in total. The van der Waals surface area contributed by atoms with Crippen molar-refractivity contribution in [3.8, 4) is 0 Å².